The number of nitrogens with one attached hydrogen (secondary N) is 2. The molecule has 108 valence electrons. The van der Waals surface area contributed by atoms with Crippen LogP contribution in [0.15, 0.2) is 41.6 Å². The number of nitrogens with zero attached hydrogens (tertiary/aromatic N) is 1. The molecular formula is C14H11Cl2N3OS. The van der Waals surface area contributed by atoms with Gasteiger partial charge in [0.25, 0.3) is 0 Å². The van der Waals surface area contributed by atoms with E-state index in [9.17, 15) is 0 Å². The van der Waals surface area contributed by atoms with E-state index < -0.39 is 0 Å². The first-order valence-corrected chi connectivity index (χ1v) is 7.63. The molecule has 1 aromatic carbocycles. The van der Waals surface area contributed by atoms with Gasteiger partial charge in [0.1, 0.15) is 16.6 Å². The zero-order valence-corrected chi connectivity index (χ0v) is 13.3. The maximum atomic E-state index is 5.98. The minimum Gasteiger partial charge on any atom is -0.494 e. The zero-order chi connectivity index (χ0) is 14.8. The van der Waals surface area contributed by atoms with Crippen molar-refractivity contribution in [2.45, 2.75) is 4.90 Å². The number of hydrogen-bond donors (Lipinski definition) is 2. The van der Waals surface area contributed by atoms with Crippen LogP contribution < -0.4 is 9.46 Å². The van der Waals surface area contributed by atoms with E-state index in [4.69, 9.17) is 27.9 Å². The zero-order valence-electron chi connectivity index (χ0n) is 11.0. The first kappa shape index (κ1) is 14.4. The summed E-state index contributed by atoms with van der Waals surface area (Å²) < 4.78 is 8.49. The Morgan fingerprint density at radius 2 is 2.14 bits per heavy atom. The molecule has 3 rings (SSSR count). The van der Waals surface area contributed by atoms with Crippen molar-refractivity contribution < 1.29 is 4.74 Å². The Kier molecular flexibility index (Phi) is 4.14. The smallest absolute Gasteiger partial charge is 0.147 e. The van der Waals surface area contributed by atoms with Crippen molar-refractivity contribution in [2.75, 3.05) is 11.8 Å². The minimum absolute atomic E-state index is 0.393. The normalized spacial score (nSPS) is 10.8. The number of pyridine rings is 1. The molecule has 0 aliphatic heterocycles. The topological polar surface area (TPSA) is 49.9 Å². The van der Waals surface area contributed by atoms with Crippen LogP contribution in [-0.2, 0) is 0 Å². The molecule has 2 aromatic heterocycles. The summed E-state index contributed by atoms with van der Waals surface area (Å²) in [6.07, 6.45) is 3.56. The number of H-pyrrole nitrogens is 1. The van der Waals surface area contributed by atoms with E-state index in [0.717, 1.165) is 21.5 Å². The summed E-state index contributed by atoms with van der Waals surface area (Å²) >= 11 is 13.3. The second kappa shape index (κ2) is 6.05. The second-order valence-corrected chi connectivity index (χ2v) is 5.93. The van der Waals surface area contributed by atoms with Crippen molar-refractivity contribution in [3.63, 3.8) is 0 Å². The monoisotopic (exact) mass is 339 g/mol. The van der Waals surface area contributed by atoms with Gasteiger partial charge in [0.2, 0.25) is 0 Å². The molecule has 0 radical (unpaired) electrons. The van der Waals surface area contributed by atoms with Gasteiger partial charge in [-0.3, -0.25) is 0 Å². The van der Waals surface area contributed by atoms with E-state index >= 15 is 0 Å². The van der Waals surface area contributed by atoms with Gasteiger partial charge in [0.05, 0.1) is 18.2 Å². The Balaban J connectivity index is 1.83. The van der Waals surface area contributed by atoms with Gasteiger partial charge in [-0.15, -0.1) is 0 Å². The maximum absolute atomic E-state index is 5.98. The summed E-state index contributed by atoms with van der Waals surface area (Å²) in [5, 5.41) is 2.19. The highest BCUT2D eigenvalue weighted by molar-refractivity contribution is 8.00. The summed E-state index contributed by atoms with van der Waals surface area (Å²) in [7, 11) is 1.59. The summed E-state index contributed by atoms with van der Waals surface area (Å²) in [5.74, 6) is 0.644. The molecule has 7 heteroatoms. The molecule has 0 fully saturated rings. The second-order valence-electron chi connectivity index (χ2n) is 4.25. The number of benzene rings is 1. The number of aromatic amines is 1. The summed E-state index contributed by atoms with van der Waals surface area (Å²) in [5.41, 5.74) is 1.75. The fraction of sp³-hybridized carbons (Fsp3) is 0.0714. The molecule has 3 aromatic rings. The Labute approximate surface area is 135 Å². The van der Waals surface area contributed by atoms with Gasteiger partial charge < -0.3 is 14.4 Å². The molecule has 0 saturated heterocycles. The third kappa shape index (κ3) is 3.05. The van der Waals surface area contributed by atoms with Gasteiger partial charge in [-0.05, 0) is 24.1 Å². The molecule has 2 heterocycles. The molecule has 21 heavy (non-hydrogen) atoms. The molecule has 0 spiro atoms. The molecule has 0 aliphatic carbocycles. The van der Waals surface area contributed by atoms with Crippen molar-refractivity contribution in [2.24, 2.45) is 0 Å². The van der Waals surface area contributed by atoms with Crippen LogP contribution in [0.25, 0.3) is 10.9 Å². The van der Waals surface area contributed by atoms with Crippen LogP contribution in [0, 0.1) is 0 Å². The number of aromatic nitrogens is 2. The molecule has 2 N–H and O–H groups in total. The highest BCUT2D eigenvalue weighted by Crippen LogP contribution is 2.33. The van der Waals surface area contributed by atoms with E-state index in [1.807, 2.05) is 24.4 Å². The number of rotatable bonds is 4. The van der Waals surface area contributed by atoms with Crippen LogP contribution in [0.3, 0.4) is 0 Å². The lowest BCUT2D eigenvalue weighted by Crippen LogP contribution is -1.93. The highest BCUT2D eigenvalue weighted by Gasteiger charge is 2.08. The van der Waals surface area contributed by atoms with E-state index in [2.05, 4.69) is 14.7 Å². The van der Waals surface area contributed by atoms with Crippen LogP contribution in [0.4, 0.5) is 5.69 Å². The largest absolute Gasteiger partial charge is 0.494 e. The van der Waals surface area contributed by atoms with Crippen molar-refractivity contribution in [1.82, 2.24) is 9.97 Å². The molecule has 0 amide bonds. The lowest BCUT2D eigenvalue weighted by Gasteiger charge is -2.09. The molecule has 0 aliphatic rings. The fourth-order valence-corrected chi connectivity index (χ4v) is 3.02. The van der Waals surface area contributed by atoms with Crippen LogP contribution in [-0.4, -0.2) is 17.1 Å². The molecular weight excluding hydrogens is 329 g/mol. The van der Waals surface area contributed by atoms with E-state index in [0.29, 0.717) is 15.9 Å². The number of halogens is 2. The van der Waals surface area contributed by atoms with Gasteiger partial charge in [-0.2, -0.15) is 0 Å². The van der Waals surface area contributed by atoms with Crippen LogP contribution in [0.2, 0.25) is 10.2 Å². The predicted octanol–water partition coefficient (Wildman–Crippen LogP) is 5.00. The van der Waals surface area contributed by atoms with Crippen LogP contribution >= 0.6 is 35.1 Å². The predicted molar refractivity (Wildman–Crippen MR) is 88.6 cm³/mol. The number of ether oxygens (including phenoxy) is 1. The van der Waals surface area contributed by atoms with Crippen LogP contribution in [0.5, 0.6) is 5.75 Å². The van der Waals surface area contributed by atoms with Crippen molar-refractivity contribution in [3.8, 4) is 5.75 Å². The Bertz CT molecular complexity index is 791. The lowest BCUT2D eigenvalue weighted by atomic mass is 10.2. The number of anilines is 1. The van der Waals surface area contributed by atoms with E-state index in [1.165, 1.54) is 11.9 Å². The third-order valence-electron chi connectivity index (χ3n) is 2.93. The van der Waals surface area contributed by atoms with Gasteiger partial charge in [0, 0.05) is 28.2 Å². The highest BCUT2D eigenvalue weighted by atomic mass is 35.5. The minimum atomic E-state index is 0.393. The van der Waals surface area contributed by atoms with Gasteiger partial charge in [-0.25, -0.2) is 4.98 Å². The Morgan fingerprint density at radius 3 is 2.95 bits per heavy atom. The van der Waals surface area contributed by atoms with Crippen molar-refractivity contribution >= 4 is 51.7 Å². The third-order valence-corrected chi connectivity index (χ3v) is 4.25. The van der Waals surface area contributed by atoms with E-state index in [-0.39, 0.29) is 0 Å². The lowest BCUT2D eigenvalue weighted by molar-refractivity contribution is 0.416. The molecule has 0 bridgehead atoms. The van der Waals surface area contributed by atoms with Crippen molar-refractivity contribution in [3.05, 3.63) is 46.8 Å². The Hall–Kier alpha value is -1.56. The van der Waals surface area contributed by atoms with E-state index in [1.54, 1.807) is 19.4 Å². The summed E-state index contributed by atoms with van der Waals surface area (Å²) in [6.45, 7) is 0. The average molecular weight is 340 g/mol. The van der Waals surface area contributed by atoms with Gasteiger partial charge in [-0.1, -0.05) is 29.3 Å². The average Bonchev–Trinajstić information content (AvgIpc) is 2.88. The quantitative estimate of drug-likeness (QED) is 0.518. The number of methoxy groups -OCH3 is 1. The number of fused-ring (bicyclic) bond motifs is 1. The maximum Gasteiger partial charge on any atom is 0.147 e. The Morgan fingerprint density at radius 1 is 1.29 bits per heavy atom. The first-order valence-electron chi connectivity index (χ1n) is 6.06. The molecule has 0 unspecified atom stereocenters. The summed E-state index contributed by atoms with van der Waals surface area (Å²) in [4.78, 5) is 8.29. The first-order chi connectivity index (χ1) is 10.2. The SMILES string of the molecule is COc1cc(Cl)ncc1NSc1c[nH]c2cc(Cl)ccc12. The number of hydrogen-bond acceptors (Lipinski definition) is 4. The van der Waals surface area contributed by atoms with Gasteiger partial charge >= 0.3 is 0 Å². The standard InChI is InChI=1S/C14H11Cl2N3OS/c1-20-12-5-14(16)18-6-11(12)19-21-13-7-17-10-4-8(15)2-3-9(10)13/h2-7,17,19H,1H3. The molecule has 4 nitrogen and oxygen atoms in total. The fourth-order valence-electron chi connectivity index (χ4n) is 1.92. The van der Waals surface area contributed by atoms with Crippen molar-refractivity contribution in [1.29, 1.82) is 0 Å². The van der Waals surface area contributed by atoms with Gasteiger partial charge in [0.15, 0.2) is 0 Å². The summed E-state index contributed by atoms with van der Waals surface area (Å²) in [6, 6.07) is 7.41. The molecule has 0 atom stereocenters. The van der Waals surface area contributed by atoms with Crippen LogP contribution in [0.1, 0.15) is 0 Å². The molecule has 0 saturated carbocycles.